The fourth-order valence-electron chi connectivity index (χ4n) is 1.98. The number of hydrogen-bond acceptors (Lipinski definition) is 2. The summed E-state index contributed by atoms with van der Waals surface area (Å²) in [7, 11) is 0. The fraction of sp³-hybridized carbons (Fsp3) is 0.417. The molecule has 3 heteroatoms. The van der Waals surface area contributed by atoms with Crippen LogP contribution in [0.5, 0.6) is 0 Å². The molecule has 1 heterocycles. The smallest absolute Gasteiger partial charge is 0.224 e. The molecule has 1 aliphatic rings. The van der Waals surface area contributed by atoms with Gasteiger partial charge in [0.05, 0.1) is 6.42 Å². The number of nitrogens with one attached hydrogen (secondary N) is 1. The van der Waals surface area contributed by atoms with Gasteiger partial charge in [-0.3, -0.25) is 4.79 Å². The summed E-state index contributed by atoms with van der Waals surface area (Å²) in [6.45, 7) is 4.74. The second kappa shape index (κ2) is 4.34. The van der Waals surface area contributed by atoms with Crippen LogP contribution in [0.4, 0.5) is 5.69 Å². The average Bonchev–Trinajstić information content (AvgIpc) is 2.23. The van der Waals surface area contributed by atoms with Gasteiger partial charge in [-0.1, -0.05) is 18.2 Å². The molecule has 15 heavy (non-hydrogen) atoms. The van der Waals surface area contributed by atoms with Gasteiger partial charge in [0, 0.05) is 25.3 Å². The van der Waals surface area contributed by atoms with E-state index < -0.39 is 0 Å². The third-order valence-corrected chi connectivity index (χ3v) is 2.77. The summed E-state index contributed by atoms with van der Waals surface area (Å²) in [5.74, 6) is 0.123. The molecule has 0 aliphatic carbocycles. The van der Waals surface area contributed by atoms with Gasteiger partial charge in [0.15, 0.2) is 0 Å². The van der Waals surface area contributed by atoms with Crippen LogP contribution in [-0.2, 0) is 11.2 Å². The van der Waals surface area contributed by atoms with Crippen molar-refractivity contribution in [3.8, 4) is 0 Å². The van der Waals surface area contributed by atoms with Gasteiger partial charge in [0.2, 0.25) is 5.91 Å². The van der Waals surface area contributed by atoms with Crippen molar-refractivity contribution in [2.75, 3.05) is 24.5 Å². The summed E-state index contributed by atoms with van der Waals surface area (Å²) < 4.78 is 0. The lowest BCUT2D eigenvalue weighted by molar-refractivity contribution is -0.120. The van der Waals surface area contributed by atoms with E-state index in [1.165, 1.54) is 5.69 Å². The number of carbonyl (C=O) groups excluding carboxylic acids is 1. The van der Waals surface area contributed by atoms with Crippen LogP contribution in [0.1, 0.15) is 12.5 Å². The number of carbonyl (C=O) groups is 1. The minimum atomic E-state index is 0.123. The van der Waals surface area contributed by atoms with Gasteiger partial charge < -0.3 is 10.2 Å². The van der Waals surface area contributed by atoms with Crippen molar-refractivity contribution in [3.63, 3.8) is 0 Å². The van der Waals surface area contributed by atoms with Gasteiger partial charge in [-0.15, -0.1) is 0 Å². The average molecular weight is 204 g/mol. The monoisotopic (exact) mass is 204 g/mol. The second-order valence-electron chi connectivity index (χ2n) is 3.74. The zero-order valence-corrected chi connectivity index (χ0v) is 8.99. The van der Waals surface area contributed by atoms with Crippen LogP contribution in [0, 0.1) is 0 Å². The van der Waals surface area contributed by atoms with E-state index in [0.717, 1.165) is 25.2 Å². The molecule has 0 saturated heterocycles. The zero-order valence-electron chi connectivity index (χ0n) is 8.99. The highest BCUT2D eigenvalue weighted by Crippen LogP contribution is 2.21. The second-order valence-corrected chi connectivity index (χ2v) is 3.74. The van der Waals surface area contributed by atoms with E-state index in [0.29, 0.717) is 6.42 Å². The Bertz CT molecular complexity index is 362. The van der Waals surface area contributed by atoms with Crippen LogP contribution in [0.25, 0.3) is 0 Å². The summed E-state index contributed by atoms with van der Waals surface area (Å²) in [6, 6.07) is 8.14. The van der Waals surface area contributed by atoms with Crippen molar-refractivity contribution in [1.29, 1.82) is 0 Å². The number of para-hydroxylation sites is 1. The Morgan fingerprint density at radius 2 is 2.20 bits per heavy atom. The number of fused-ring (bicyclic) bond motifs is 1. The van der Waals surface area contributed by atoms with E-state index in [2.05, 4.69) is 23.2 Å². The van der Waals surface area contributed by atoms with E-state index in [1.54, 1.807) is 0 Å². The van der Waals surface area contributed by atoms with E-state index in [1.807, 2.05) is 18.2 Å². The maximum atomic E-state index is 11.5. The highest BCUT2D eigenvalue weighted by Gasteiger charge is 2.15. The van der Waals surface area contributed by atoms with Gasteiger partial charge in [-0.05, 0) is 18.6 Å². The van der Waals surface area contributed by atoms with Crippen molar-refractivity contribution < 1.29 is 4.79 Å². The van der Waals surface area contributed by atoms with Crippen molar-refractivity contribution >= 4 is 11.6 Å². The van der Waals surface area contributed by atoms with E-state index in [-0.39, 0.29) is 5.91 Å². The maximum absolute atomic E-state index is 11.5. The molecule has 0 fully saturated rings. The van der Waals surface area contributed by atoms with Gasteiger partial charge in [0.1, 0.15) is 0 Å². The van der Waals surface area contributed by atoms with Gasteiger partial charge in [-0.25, -0.2) is 0 Å². The van der Waals surface area contributed by atoms with Crippen molar-refractivity contribution in [2.24, 2.45) is 0 Å². The van der Waals surface area contributed by atoms with E-state index in [4.69, 9.17) is 0 Å². The van der Waals surface area contributed by atoms with Crippen molar-refractivity contribution in [2.45, 2.75) is 13.3 Å². The summed E-state index contributed by atoms with van der Waals surface area (Å²) in [4.78, 5) is 13.8. The molecule has 0 spiro atoms. The van der Waals surface area contributed by atoms with Crippen LogP contribution >= 0.6 is 0 Å². The molecule has 0 saturated carbocycles. The number of likely N-dealkylation sites (N-methyl/N-ethyl adjacent to an activating group) is 1. The van der Waals surface area contributed by atoms with Crippen molar-refractivity contribution in [1.82, 2.24) is 5.32 Å². The first kappa shape index (κ1) is 10.0. The first-order valence-corrected chi connectivity index (χ1v) is 5.41. The molecule has 2 rings (SSSR count). The molecule has 1 amide bonds. The Morgan fingerprint density at radius 1 is 1.40 bits per heavy atom. The fourth-order valence-corrected chi connectivity index (χ4v) is 1.98. The quantitative estimate of drug-likeness (QED) is 0.745. The van der Waals surface area contributed by atoms with Crippen LogP contribution < -0.4 is 10.2 Å². The minimum Gasteiger partial charge on any atom is -0.370 e. The number of benzene rings is 1. The third-order valence-electron chi connectivity index (χ3n) is 2.77. The Labute approximate surface area is 90.1 Å². The molecule has 3 nitrogen and oxygen atoms in total. The molecule has 0 radical (unpaired) electrons. The molecule has 0 atom stereocenters. The summed E-state index contributed by atoms with van der Waals surface area (Å²) >= 11 is 0. The zero-order chi connectivity index (χ0) is 10.7. The molecule has 1 aromatic rings. The Kier molecular flexibility index (Phi) is 2.90. The molecule has 1 aliphatic heterocycles. The lowest BCUT2D eigenvalue weighted by Gasteiger charge is -2.27. The molecular formula is C12H16N2O. The van der Waals surface area contributed by atoms with Crippen LogP contribution in [0.2, 0.25) is 0 Å². The highest BCUT2D eigenvalue weighted by molar-refractivity contribution is 5.81. The van der Waals surface area contributed by atoms with Crippen LogP contribution in [0.15, 0.2) is 24.3 Å². The van der Waals surface area contributed by atoms with E-state index in [9.17, 15) is 4.79 Å². The SMILES string of the molecule is CCN1CCNC(=O)Cc2ccccc21. The number of hydrogen-bond donors (Lipinski definition) is 1. The Morgan fingerprint density at radius 3 is 3.00 bits per heavy atom. The topological polar surface area (TPSA) is 32.3 Å². The first-order chi connectivity index (χ1) is 7.31. The normalized spacial score (nSPS) is 16.3. The molecular weight excluding hydrogens is 188 g/mol. The molecule has 0 unspecified atom stereocenters. The van der Waals surface area contributed by atoms with Gasteiger partial charge in [0.25, 0.3) is 0 Å². The van der Waals surface area contributed by atoms with Crippen LogP contribution in [-0.4, -0.2) is 25.5 Å². The number of rotatable bonds is 1. The molecule has 1 aromatic carbocycles. The summed E-state index contributed by atoms with van der Waals surface area (Å²) in [5.41, 5.74) is 2.33. The number of amides is 1. The Hall–Kier alpha value is -1.51. The molecule has 0 aromatic heterocycles. The molecule has 0 bridgehead atoms. The summed E-state index contributed by atoms with van der Waals surface area (Å²) in [6.07, 6.45) is 0.493. The lowest BCUT2D eigenvalue weighted by Crippen LogP contribution is -2.38. The summed E-state index contributed by atoms with van der Waals surface area (Å²) in [5, 5.41) is 2.91. The largest absolute Gasteiger partial charge is 0.370 e. The van der Waals surface area contributed by atoms with E-state index >= 15 is 0 Å². The predicted molar refractivity (Wildman–Crippen MR) is 61.0 cm³/mol. The molecule has 1 N–H and O–H groups in total. The lowest BCUT2D eigenvalue weighted by atomic mass is 10.1. The highest BCUT2D eigenvalue weighted by atomic mass is 16.1. The minimum absolute atomic E-state index is 0.123. The standard InChI is InChI=1S/C12H16N2O/c1-2-14-8-7-13-12(15)9-10-5-3-4-6-11(10)14/h3-6H,2,7-9H2,1H3,(H,13,15). The van der Waals surface area contributed by atoms with Crippen molar-refractivity contribution in [3.05, 3.63) is 29.8 Å². The predicted octanol–water partition coefficient (Wildman–Crippen LogP) is 1.19. The maximum Gasteiger partial charge on any atom is 0.224 e. The van der Waals surface area contributed by atoms with Gasteiger partial charge >= 0.3 is 0 Å². The number of nitrogens with zero attached hydrogens (tertiary/aromatic N) is 1. The Balaban J connectivity index is 2.36. The number of anilines is 1. The third kappa shape index (κ3) is 2.12. The van der Waals surface area contributed by atoms with Crippen LogP contribution in [0.3, 0.4) is 0 Å². The first-order valence-electron chi connectivity index (χ1n) is 5.41. The van der Waals surface area contributed by atoms with Gasteiger partial charge in [-0.2, -0.15) is 0 Å². The molecule has 80 valence electrons.